The SMILES string of the molecule is O=C(O)c1cc(CNCC(O)C(F)(F)F)on1. The van der Waals surface area contributed by atoms with E-state index in [0.717, 1.165) is 6.07 Å². The van der Waals surface area contributed by atoms with Gasteiger partial charge in [-0.1, -0.05) is 5.16 Å². The van der Waals surface area contributed by atoms with E-state index in [9.17, 15) is 18.0 Å². The first kappa shape index (κ1) is 13.5. The number of nitrogens with one attached hydrogen (secondary N) is 1. The van der Waals surface area contributed by atoms with E-state index >= 15 is 0 Å². The Hall–Kier alpha value is -1.61. The Kier molecular flexibility index (Phi) is 4.07. The molecule has 17 heavy (non-hydrogen) atoms. The number of aliphatic hydroxyl groups excluding tert-OH is 1. The van der Waals surface area contributed by atoms with E-state index in [-0.39, 0.29) is 18.0 Å². The number of hydrogen-bond acceptors (Lipinski definition) is 5. The van der Waals surface area contributed by atoms with Gasteiger partial charge in [-0.05, 0) is 0 Å². The van der Waals surface area contributed by atoms with Crippen LogP contribution in [-0.2, 0) is 6.54 Å². The van der Waals surface area contributed by atoms with Crippen LogP contribution in [0, 0.1) is 0 Å². The molecule has 1 aromatic heterocycles. The summed E-state index contributed by atoms with van der Waals surface area (Å²) in [4.78, 5) is 10.4. The second kappa shape index (κ2) is 5.15. The number of carboxylic acid groups (broad SMARTS) is 1. The standard InChI is InChI=1S/C8H9F3N2O4/c9-8(10,11)6(14)3-12-2-4-1-5(7(15)16)13-17-4/h1,6,12,14H,2-3H2,(H,15,16). The monoisotopic (exact) mass is 254 g/mol. The molecule has 0 aromatic carbocycles. The largest absolute Gasteiger partial charge is 0.476 e. The van der Waals surface area contributed by atoms with E-state index in [0.29, 0.717) is 0 Å². The van der Waals surface area contributed by atoms with Crippen molar-refractivity contribution in [1.29, 1.82) is 0 Å². The smallest absolute Gasteiger partial charge is 0.415 e. The second-order valence-corrected chi connectivity index (χ2v) is 3.17. The first-order chi connectivity index (χ1) is 7.80. The molecule has 96 valence electrons. The fourth-order valence-corrected chi connectivity index (χ4v) is 0.945. The van der Waals surface area contributed by atoms with Crippen LogP contribution in [0.4, 0.5) is 13.2 Å². The molecular weight excluding hydrogens is 245 g/mol. The highest BCUT2D eigenvalue weighted by Gasteiger charge is 2.37. The molecule has 0 radical (unpaired) electrons. The Labute approximate surface area is 93.0 Å². The van der Waals surface area contributed by atoms with Gasteiger partial charge >= 0.3 is 12.1 Å². The van der Waals surface area contributed by atoms with Gasteiger partial charge in [-0.15, -0.1) is 0 Å². The lowest BCUT2D eigenvalue weighted by molar-refractivity contribution is -0.201. The van der Waals surface area contributed by atoms with Gasteiger partial charge in [-0.25, -0.2) is 4.79 Å². The minimum absolute atomic E-state index is 0.0665. The normalized spacial score (nSPS) is 13.6. The van der Waals surface area contributed by atoms with Crippen molar-refractivity contribution in [2.45, 2.75) is 18.8 Å². The van der Waals surface area contributed by atoms with E-state index in [1.807, 2.05) is 0 Å². The van der Waals surface area contributed by atoms with Gasteiger partial charge in [0.15, 0.2) is 17.6 Å². The zero-order valence-electron chi connectivity index (χ0n) is 8.36. The van der Waals surface area contributed by atoms with Gasteiger partial charge < -0.3 is 20.1 Å². The molecule has 1 aromatic rings. The van der Waals surface area contributed by atoms with Crippen molar-refractivity contribution in [3.05, 3.63) is 17.5 Å². The van der Waals surface area contributed by atoms with Crippen LogP contribution in [0.5, 0.6) is 0 Å². The van der Waals surface area contributed by atoms with Crippen LogP contribution in [0.3, 0.4) is 0 Å². The van der Waals surface area contributed by atoms with Crippen LogP contribution in [0.15, 0.2) is 10.6 Å². The molecule has 0 bridgehead atoms. The minimum atomic E-state index is -4.69. The summed E-state index contributed by atoms with van der Waals surface area (Å²) in [5.74, 6) is -1.23. The summed E-state index contributed by atoms with van der Waals surface area (Å²) in [5, 5.41) is 22.5. The van der Waals surface area contributed by atoms with Crippen molar-refractivity contribution in [3.8, 4) is 0 Å². The topological polar surface area (TPSA) is 95.6 Å². The number of aliphatic hydroxyl groups is 1. The Morgan fingerprint density at radius 2 is 2.24 bits per heavy atom. The van der Waals surface area contributed by atoms with Gasteiger partial charge in [-0.2, -0.15) is 13.2 Å². The molecule has 0 aliphatic rings. The summed E-state index contributed by atoms with van der Waals surface area (Å²) in [5.41, 5.74) is -0.335. The maximum atomic E-state index is 11.9. The van der Waals surface area contributed by atoms with Gasteiger partial charge in [0.2, 0.25) is 0 Å². The predicted octanol–water partition coefficient (Wildman–Crippen LogP) is 0.386. The van der Waals surface area contributed by atoms with Crippen LogP contribution < -0.4 is 5.32 Å². The maximum absolute atomic E-state index is 11.9. The van der Waals surface area contributed by atoms with Gasteiger partial charge in [0.05, 0.1) is 6.54 Å². The highest BCUT2D eigenvalue weighted by molar-refractivity contribution is 5.85. The molecule has 0 aliphatic heterocycles. The van der Waals surface area contributed by atoms with Crippen LogP contribution in [0.1, 0.15) is 16.2 Å². The quantitative estimate of drug-likeness (QED) is 0.703. The highest BCUT2D eigenvalue weighted by Crippen LogP contribution is 2.19. The summed E-state index contributed by atoms with van der Waals surface area (Å²) in [6.07, 6.45) is -7.18. The van der Waals surface area contributed by atoms with E-state index in [4.69, 9.17) is 10.2 Å². The summed E-state index contributed by atoms with van der Waals surface area (Å²) in [6.45, 7) is -0.875. The number of hydrogen-bond donors (Lipinski definition) is 3. The van der Waals surface area contributed by atoms with Crippen LogP contribution in [-0.4, -0.2) is 40.2 Å². The van der Waals surface area contributed by atoms with Crippen molar-refractivity contribution >= 4 is 5.97 Å². The molecule has 1 rings (SSSR count). The fraction of sp³-hybridized carbons (Fsp3) is 0.500. The van der Waals surface area contributed by atoms with Crippen molar-refractivity contribution in [3.63, 3.8) is 0 Å². The Balaban J connectivity index is 2.38. The van der Waals surface area contributed by atoms with Crippen LogP contribution in [0.25, 0.3) is 0 Å². The summed E-state index contributed by atoms with van der Waals surface area (Å²) < 4.78 is 40.2. The average Bonchev–Trinajstić information content (AvgIpc) is 2.64. The lowest BCUT2D eigenvalue weighted by Gasteiger charge is -2.14. The molecule has 0 aliphatic carbocycles. The number of aromatic nitrogens is 1. The third kappa shape index (κ3) is 4.04. The summed E-state index contributed by atoms with van der Waals surface area (Å²) in [6, 6.07) is 1.08. The Bertz CT molecular complexity index is 390. The number of nitrogens with zero attached hydrogens (tertiary/aromatic N) is 1. The van der Waals surface area contributed by atoms with Crippen molar-refractivity contribution in [2.24, 2.45) is 0 Å². The van der Waals surface area contributed by atoms with E-state index in [1.54, 1.807) is 0 Å². The summed E-state index contributed by atoms with van der Waals surface area (Å²) in [7, 11) is 0. The number of carboxylic acids is 1. The van der Waals surface area contributed by atoms with Crippen LogP contribution >= 0.6 is 0 Å². The maximum Gasteiger partial charge on any atom is 0.415 e. The van der Waals surface area contributed by atoms with E-state index in [1.165, 1.54) is 0 Å². The third-order valence-corrected chi connectivity index (χ3v) is 1.79. The van der Waals surface area contributed by atoms with Gasteiger partial charge in [0, 0.05) is 12.6 Å². The molecule has 6 nitrogen and oxygen atoms in total. The first-order valence-electron chi connectivity index (χ1n) is 4.45. The van der Waals surface area contributed by atoms with Crippen LogP contribution in [0.2, 0.25) is 0 Å². The lowest BCUT2D eigenvalue weighted by atomic mass is 10.3. The van der Waals surface area contributed by atoms with Crippen molar-refractivity contribution in [2.75, 3.05) is 6.54 Å². The van der Waals surface area contributed by atoms with E-state index in [2.05, 4.69) is 15.0 Å². The van der Waals surface area contributed by atoms with Gasteiger partial charge in [0.25, 0.3) is 0 Å². The van der Waals surface area contributed by atoms with E-state index < -0.39 is 24.8 Å². The molecule has 1 unspecified atom stereocenters. The number of carbonyl (C=O) groups is 1. The molecular formula is C8H9F3N2O4. The number of halogens is 3. The molecule has 3 N–H and O–H groups in total. The number of rotatable bonds is 5. The van der Waals surface area contributed by atoms with Gasteiger partial charge in [-0.3, -0.25) is 0 Å². The zero-order chi connectivity index (χ0) is 13.1. The second-order valence-electron chi connectivity index (χ2n) is 3.17. The lowest BCUT2D eigenvalue weighted by Crippen LogP contribution is -2.38. The zero-order valence-corrected chi connectivity index (χ0v) is 8.36. The summed E-state index contributed by atoms with van der Waals surface area (Å²) >= 11 is 0. The number of aromatic carboxylic acids is 1. The number of alkyl halides is 3. The molecule has 0 fully saturated rings. The highest BCUT2D eigenvalue weighted by atomic mass is 19.4. The first-order valence-corrected chi connectivity index (χ1v) is 4.45. The average molecular weight is 254 g/mol. The minimum Gasteiger partial charge on any atom is -0.476 e. The molecule has 1 heterocycles. The molecule has 1 atom stereocenters. The predicted molar refractivity (Wildman–Crippen MR) is 47.2 cm³/mol. The molecule has 9 heteroatoms. The fourth-order valence-electron chi connectivity index (χ4n) is 0.945. The molecule has 0 saturated heterocycles. The third-order valence-electron chi connectivity index (χ3n) is 1.79. The Morgan fingerprint density at radius 3 is 2.71 bits per heavy atom. The molecule has 0 spiro atoms. The molecule has 0 amide bonds. The van der Waals surface area contributed by atoms with Crippen molar-refractivity contribution < 1.29 is 32.7 Å². The Morgan fingerprint density at radius 1 is 1.59 bits per heavy atom. The van der Waals surface area contributed by atoms with Gasteiger partial charge in [0.1, 0.15) is 0 Å². The molecule has 0 saturated carbocycles. The van der Waals surface area contributed by atoms with Crippen molar-refractivity contribution in [1.82, 2.24) is 10.5 Å².